The fourth-order valence-electron chi connectivity index (χ4n) is 5.21. The molecule has 186 valence electrons. The first kappa shape index (κ1) is 24.2. The second kappa shape index (κ2) is 11.5. The van der Waals surface area contributed by atoms with E-state index in [1.54, 1.807) is 17.0 Å². The monoisotopic (exact) mass is 482 g/mol. The maximum absolute atomic E-state index is 13.3. The first-order valence-corrected chi connectivity index (χ1v) is 12.9. The zero-order chi connectivity index (χ0) is 24.7. The van der Waals surface area contributed by atoms with E-state index >= 15 is 0 Å². The van der Waals surface area contributed by atoms with E-state index in [0.717, 1.165) is 56.9 Å². The number of rotatable bonds is 8. The van der Waals surface area contributed by atoms with Gasteiger partial charge in [0.2, 0.25) is 5.91 Å². The van der Waals surface area contributed by atoms with Gasteiger partial charge in [0.05, 0.1) is 0 Å². The van der Waals surface area contributed by atoms with Crippen LogP contribution in [0.3, 0.4) is 0 Å². The van der Waals surface area contributed by atoms with Gasteiger partial charge in [0.25, 0.3) is 5.91 Å². The van der Waals surface area contributed by atoms with Crippen molar-refractivity contribution in [2.24, 2.45) is 0 Å². The lowest BCUT2D eigenvalue weighted by molar-refractivity contribution is -0.122. The van der Waals surface area contributed by atoms with Crippen molar-refractivity contribution in [3.63, 3.8) is 0 Å². The number of nitrogens with zero attached hydrogens (tertiary/aromatic N) is 3. The molecule has 1 fully saturated rings. The molecule has 1 saturated heterocycles. The largest absolute Gasteiger partial charge is 0.354 e. The molecule has 0 spiro atoms. The Kier molecular flexibility index (Phi) is 7.74. The topological polar surface area (TPSA) is 55.9 Å². The fraction of sp³-hybridized carbons (Fsp3) is 0.333. The lowest BCUT2D eigenvalue weighted by Crippen LogP contribution is -2.49. The molecule has 3 aromatic rings. The third kappa shape index (κ3) is 5.66. The Morgan fingerprint density at radius 3 is 2.17 bits per heavy atom. The quantitative estimate of drug-likeness (QED) is 0.499. The van der Waals surface area contributed by atoms with Gasteiger partial charge in [-0.1, -0.05) is 66.7 Å². The van der Waals surface area contributed by atoms with Crippen LogP contribution in [0.4, 0.5) is 5.69 Å². The van der Waals surface area contributed by atoms with E-state index < -0.39 is 6.04 Å². The Labute approximate surface area is 213 Å². The summed E-state index contributed by atoms with van der Waals surface area (Å²) in [5.41, 5.74) is 3.83. The van der Waals surface area contributed by atoms with Crippen LogP contribution >= 0.6 is 0 Å². The highest BCUT2D eigenvalue weighted by Gasteiger charge is 2.38. The first-order chi connectivity index (χ1) is 17.7. The number of anilines is 1. The zero-order valence-electron chi connectivity index (χ0n) is 20.7. The summed E-state index contributed by atoms with van der Waals surface area (Å²) in [6.45, 7) is 6.83. The molecule has 0 aromatic heterocycles. The van der Waals surface area contributed by atoms with Crippen molar-refractivity contribution in [3.8, 4) is 0 Å². The van der Waals surface area contributed by atoms with Crippen molar-refractivity contribution < 1.29 is 9.59 Å². The van der Waals surface area contributed by atoms with Crippen molar-refractivity contribution in [1.29, 1.82) is 0 Å². The summed E-state index contributed by atoms with van der Waals surface area (Å²) >= 11 is 0. The van der Waals surface area contributed by atoms with Gasteiger partial charge in [-0.25, -0.2) is 0 Å². The predicted molar refractivity (Wildman–Crippen MR) is 143 cm³/mol. The molecule has 2 aliphatic rings. The molecule has 2 amide bonds. The van der Waals surface area contributed by atoms with E-state index in [1.165, 1.54) is 5.56 Å². The molecule has 36 heavy (non-hydrogen) atoms. The molecule has 6 nitrogen and oxygen atoms in total. The molecule has 1 atom stereocenters. The van der Waals surface area contributed by atoms with Crippen LogP contribution in [0.25, 0.3) is 0 Å². The molecule has 0 saturated carbocycles. The number of nitrogens with one attached hydrogen (secondary N) is 1. The number of carbonyl (C=O) groups excluding carboxylic acids is 2. The fourth-order valence-corrected chi connectivity index (χ4v) is 5.21. The summed E-state index contributed by atoms with van der Waals surface area (Å²) in [6, 6.07) is 27.1. The summed E-state index contributed by atoms with van der Waals surface area (Å²) in [4.78, 5) is 33.2. The SMILES string of the molecule is O=C(NCCCN1CCN(Cc2ccccc2)CC1)[C@H]1Cc2ccccc2N1C(=O)c1ccccc1. The van der Waals surface area contributed by atoms with E-state index in [-0.39, 0.29) is 11.8 Å². The molecule has 2 aliphatic heterocycles. The second-order valence-corrected chi connectivity index (χ2v) is 9.64. The summed E-state index contributed by atoms with van der Waals surface area (Å²) in [5.74, 6) is -0.211. The lowest BCUT2D eigenvalue weighted by atomic mass is 10.1. The third-order valence-corrected chi connectivity index (χ3v) is 7.18. The predicted octanol–water partition coefficient (Wildman–Crippen LogP) is 3.58. The van der Waals surface area contributed by atoms with Gasteiger partial charge in [0, 0.05) is 56.9 Å². The van der Waals surface area contributed by atoms with Crippen LogP contribution in [-0.4, -0.2) is 66.9 Å². The normalized spacial score (nSPS) is 18.1. The highest BCUT2D eigenvalue weighted by Crippen LogP contribution is 2.33. The standard InChI is InChI=1S/C30H34N4O2/c35-29(31-16-9-17-32-18-20-33(21-19-32)23-24-10-3-1-4-11-24)28-22-26-14-7-8-15-27(26)34(28)30(36)25-12-5-2-6-13-25/h1-8,10-15,28H,9,16-23H2,(H,31,35)/t28-/m1/s1. The van der Waals surface area contributed by atoms with Crippen LogP contribution in [-0.2, 0) is 17.8 Å². The van der Waals surface area contributed by atoms with Crippen LogP contribution in [0.2, 0.25) is 0 Å². The van der Waals surface area contributed by atoms with E-state index in [1.807, 2.05) is 42.5 Å². The number of hydrogen-bond acceptors (Lipinski definition) is 4. The van der Waals surface area contributed by atoms with Gasteiger partial charge >= 0.3 is 0 Å². The van der Waals surface area contributed by atoms with E-state index in [0.29, 0.717) is 18.5 Å². The molecule has 1 N–H and O–H groups in total. The van der Waals surface area contributed by atoms with Gasteiger partial charge in [0.15, 0.2) is 0 Å². The van der Waals surface area contributed by atoms with Gasteiger partial charge in [-0.2, -0.15) is 0 Å². The van der Waals surface area contributed by atoms with Gasteiger partial charge in [0.1, 0.15) is 6.04 Å². The van der Waals surface area contributed by atoms with E-state index in [9.17, 15) is 9.59 Å². The van der Waals surface area contributed by atoms with Gasteiger partial charge in [-0.15, -0.1) is 0 Å². The summed E-state index contributed by atoms with van der Waals surface area (Å²) < 4.78 is 0. The van der Waals surface area contributed by atoms with Crippen molar-refractivity contribution in [3.05, 3.63) is 102 Å². The van der Waals surface area contributed by atoms with Crippen molar-refractivity contribution in [2.75, 3.05) is 44.2 Å². The minimum Gasteiger partial charge on any atom is -0.354 e. The van der Waals surface area contributed by atoms with E-state index in [2.05, 4.69) is 45.4 Å². The van der Waals surface area contributed by atoms with Crippen molar-refractivity contribution in [2.45, 2.75) is 25.4 Å². The Morgan fingerprint density at radius 2 is 1.42 bits per heavy atom. The molecule has 6 heteroatoms. The maximum atomic E-state index is 13.3. The average molecular weight is 483 g/mol. The highest BCUT2D eigenvalue weighted by atomic mass is 16.2. The Balaban J connectivity index is 1.10. The number of carbonyl (C=O) groups is 2. The number of piperazine rings is 1. The summed E-state index contributed by atoms with van der Waals surface area (Å²) in [7, 11) is 0. The first-order valence-electron chi connectivity index (χ1n) is 12.9. The second-order valence-electron chi connectivity index (χ2n) is 9.64. The van der Waals surface area contributed by atoms with Crippen LogP contribution < -0.4 is 10.2 Å². The number of amides is 2. The Hall–Kier alpha value is -3.48. The number of fused-ring (bicyclic) bond motifs is 1. The average Bonchev–Trinajstić information content (AvgIpc) is 3.32. The van der Waals surface area contributed by atoms with E-state index in [4.69, 9.17) is 0 Å². The molecule has 0 unspecified atom stereocenters. The van der Waals surface area contributed by atoms with Gasteiger partial charge in [-0.05, 0) is 42.3 Å². The Morgan fingerprint density at radius 1 is 0.778 bits per heavy atom. The van der Waals surface area contributed by atoms with Crippen LogP contribution in [0.5, 0.6) is 0 Å². The van der Waals surface area contributed by atoms with Gasteiger partial charge in [-0.3, -0.25) is 19.4 Å². The lowest BCUT2D eigenvalue weighted by Gasteiger charge is -2.34. The number of para-hydroxylation sites is 1. The van der Waals surface area contributed by atoms with Crippen molar-refractivity contribution in [1.82, 2.24) is 15.1 Å². The Bertz CT molecular complexity index is 1160. The molecule has 5 rings (SSSR count). The maximum Gasteiger partial charge on any atom is 0.259 e. The zero-order valence-corrected chi connectivity index (χ0v) is 20.7. The third-order valence-electron chi connectivity index (χ3n) is 7.18. The minimum atomic E-state index is -0.517. The minimum absolute atomic E-state index is 0.0804. The van der Waals surface area contributed by atoms with Crippen molar-refractivity contribution >= 4 is 17.5 Å². The summed E-state index contributed by atoms with van der Waals surface area (Å²) in [6.07, 6.45) is 1.45. The van der Waals surface area contributed by atoms with Crippen LogP contribution in [0, 0.1) is 0 Å². The van der Waals surface area contributed by atoms with Gasteiger partial charge < -0.3 is 10.2 Å². The molecule has 3 aromatic carbocycles. The van der Waals surface area contributed by atoms with Crippen LogP contribution in [0.15, 0.2) is 84.9 Å². The number of benzene rings is 3. The highest BCUT2D eigenvalue weighted by molar-refractivity contribution is 6.11. The molecule has 0 radical (unpaired) electrons. The molecule has 0 aliphatic carbocycles. The van der Waals surface area contributed by atoms with Crippen LogP contribution in [0.1, 0.15) is 27.9 Å². The molecule has 0 bridgehead atoms. The molecular weight excluding hydrogens is 448 g/mol. The smallest absolute Gasteiger partial charge is 0.259 e. The summed E-state index contributed by atoms with van der Waals surface area (Å²) in [5, 5.41) is 3.11. The number of hydrogen-bond donors (Lipinski definition) is 1. The molecule has 2 heterocycles. The molecular formula is C30H34N4O2.